The number of piperidine rings is 1. The Morgan fingerprint density at radius 2 is 2.29 bits per heavy atom. The zero-order chi connectivity index (χ0) is 15.4. The van der Waals surface area contributed by atoms with Crippen LogP contribution in [0.3, 0.4) is 0 Å². The SMILES string of the molecule is COC(OC)c1n[nH]c(N2CCC[C@@H](NC(=O)O)C2)c1I. The summed E-state index contributed by atoms with van der Waals surface area (Å²) in [5.74, 6) is 0.876. The maximum atomic E-state index is 10.8. The third-order valence-corrected chi connectivity index (χ3v) is 4.50. The number of nitrogens with zero attached hydrogens (tertiary/aromatic N) is 2. The van der Waals surface area contributed by atoms with E-state index in [-0.39, 0.29) is 6.04 Å². The molecular formula is C12H19IN4O4. The molecule has 2 heterocycles. The summed E-state index contributed by atoms with van der Waals surface area (Å²) in [6, 6.07) is -0.0700. The predicted octanol–water partition coefficient (Wildman–Crippen LogP) is 1.54. The van der Waals surface area contributed by atoms with Crippen LogP contribution >= 0.6 is 22.6 Å². The fraction of sp³-hybridized carbons (Fsp3) is 0.667. The molecule has 1 aromatic rings. The molecule has 1 aliphatic heterocycles. The summed E-state index contributed by atoms with van der Waals surface area (Å²) in [6.45, 7) is 1.48. The number of nitrogens with one attached hydrogen (secondary N) is 2. The lowest BCUT2D eigenvalue weighted by atomic mass is 10.1. The van der Waals surface area contributed by atoms with E-state index in [9.17, 15) is 4.79 Å². The summed E-state index contributed by atoms with van der Waals surface area (Å²) in [5, 5.41) is 18.6. The standard InChI is InChI=1S/C12H19IN4O4/c1-20-11(21-2)9-8(13)10(16-15-9)17-5-3-4-7(6-17)14-12(18)19/h7,11,14H,3-6H2,1-2H3,(H,15,16)(H,18,19)/t7-/m1/s1. The highest BCUT2D eigenvalue weighted by atomic mass is 127. The topological polar surface area (TPSA) is 99.7 Å². The average molecular weight is 410 g/mol. The summed E-state index contributed by atoms with van der Waals surface area (Å²) >= 11 is 2.20. The molecular weight excluding hydrogens is 391 g/mol. The van der Waals surface area contributed by atoms with Gasteiger partial charge in [-0.25, -0.2) is 4.79 Å². The van der Waals surface area contributed by atoms with E-state index in [2.05, 4.69) is 43.0 Å². The van der Waals surface area contributed by atoms with Crippen molar-refractivity contribution in [2.75, 3.05) is 32.2 Å². The minimum absolute atomic E-state index is 0.0700. The molecule has 21 heavy (non-hydrogen) atoms. The van der Waals surface area contributed by atoms with E-state index in [0.29, 0.717) is 12.2 Å². The van der Waals surface area contributed by atoms with E-state index in [1.807, 2.05) is 0 Å². The molecule has 1 amide bonds. The predicted molar refractivity (Wildman–Crippen MR) is 84.5 cm³/mol. The highest BCUT2D eigenvalue weighted by Crippen LogP contribution is 2.30. The zero-order valence-corrected chi connectivity index (χ0v) is 14.1. The van der Waals surface area contributed by atoms with Gasteiger partial charge in [0.15, 0.2) is 0 Å². The van der Waals surface area contributed by atoms with Crippen molar-refractivity contribution in [1.29, 1.82) is 0 Å². The summed E-state index contributed by atoms with van der Waals surface area (Å²) < 4.78 is 11.4. The smallest absolute Gasteiger partial charge is 0.404 e. The summed E-state index contributed by atoms with van der Waals surface area (Å²) in [6.07, 6.45) is 0.271. The molecule has 0 unspecified atom stereocenters. The zero-order valence-electron chi connectivity index (χ0n) is 11.9. The molecule has 0 saturated carbocycles. The number of hydrogen-bond acceptors (Lipinski definition) is 5. The molecule has 1 saturated heterocycles. The number of carbonyl (C=O) groups is 1. The molecule has 3 N–H and O–H groups in total. The Morgan fingerprint density at radius 1 is 1.57 bits per heavy atom. The van der Waals surface area contributed by atoms with E-state index in [1.165, 1.54) is 0 Å². The van der Waals surface area contributed by atoms with Crippen molar-refractivity contribution in [3.8, 4) is 0 Å². The lowest BCUT2D eigenvalue weighted by molar-refractivity contribution is -0.109. The van der Waals surface area contributed by atoms with Gasteiger partial charge in [0.25, 0.3) is 0 Å². The molecule has 0 spiro atoms. The first-order chi connectivity index (χ1) is 10.1. The molecule has 1 fully saturated rings. The van der Waals surface area contributed by atoms with Crippen molar-refractivity contribution in [1.82, 2.24) is 15.5 Å². The maximum absolute atomic E-state index is 10.8. The molecule has 1 aliphatic rings. The number of anilines is 1. The number of hydrogen-bond donors (Lipinski definition) is 3. The van der Waals surface area contributed by atoms with Crippen molar-refractivity contribution in [3.05, 3.63) is 9.26 Å². The Kier molecular flexibility index (Phi) is 5.65. The number of aromatic amines is 1. The molecule has 0 bridgehead atoms. The van der Waals surface area contributed by atoms with Gasteiger partial charge in [-0.2, -0.15) is 5.10 Å². The lowest BCUT2D eigenvalue weighted by Gasteiger charge is -2.33. The van der Waals surface area contributed by atoms with E-state index >= 15 is 0 Å². The van der Waals surface area contributed by atoms with Crippen LogP contribution in [0.5, 0.6) is 0 Å². The monoisotopic (exact) mass is 410 g/mol. The van der Waals surface area contributed by atoms with Crippen LogP contribution in [0.15, 0.2) is 0 Å². The van der Waals surface area contributed by atoms with Crippen LogP contribution in [0.4, 0.5) is 10.6 Å². The van der Waals surface area contributed by atoms with Gasteiger partial charge in [0.05, 0.1) is 3.57 Å². The van der Waals surface area contributed by atoms with E-state index in [0.717, 1.165) is 28.8 Å². The van der Waals surface area contributed by atoms with Crippen LogP contribution in [0.2, 0.25) is 0 Å². The Bertz CT molecular complexity index is 492. The Balaban J connectivity index is 2.12. The first kappa shape index (κ1) is 16.3. The number of amides is 1. The largest absolute Gasteiger partial charge is 0.465 e. The van der Waals surface area contributed by atoms with Crippen molar-refractivity contribution in [2.24, 2.45) is 0 Å². The minimum Gasteiger partial charge on any atom is -0.465 e. The van der Waals surface area contributed by atoms with Crippen molar-refractivity contribution >= 4 is 34.5 Å². The van der Waals surface area contributed by atoms with Gasteiger partial charge in [0.2, 0.25) is 6.29 Å². The van der Waals surface area contributed by atoms with Crippen LogP contribution in [0, 0.1) is 3.57 Å². The summed E-state index contributed by atoms with van der Waals surface area (Å²) in [5.41, 5.74) is 0.698. The van der Waals surface area contributed by atoms with Gasteiger partial charge in [0.1, 0.15) is 11.5 Å². The molecule has 0 aromatic carbocycles. The van der Waals surface area contributed by atoms with Crippen LogP contribution in [0.25, 0.3) is 0 Å². The first-order valence-corrected chi connectivity index (χ1v) is 7.68. The third-order valence-electron chi connectivity index (χ3n) is 3.43. The molecule has 0 aliphatic carbocycles. The van der Waals surface area contributed by atoms with Crippen LogP contribution in [-0.2, 0) is 9.47 Å². The Labute approximate surface area is 136 Å². The minimum atomic E-state index is -0.985. The number of rotatable bonds is 5. The fourth-order valence-corrected chi connectivity index (χ4v) is 3.33. The Morgan fingerprint density at radius 3 is 2.90 bits per heavy atom. The van der Waals surface area contributed by atoms with Gasteiger partial charge in [-0.05, 0) is 35.4 Å². The van der Waals surface area contributed by atoms with Gasteiger partial charge in [-0.3, -0.25) is 5.10 Å². The van der Waals surface area contributed by atoms with Gasteiger partial charge < -0.3 is 24.8 Å². The van der Waals surface area contributed by atoms with Crippen molar-refractivity contribution in [3.63, 3.8) is 0 Å². The fourth-order valence-electron chi connectivity index (χ4n) is 2.49. The van der Waals surface area contributed by atoms with Crippen molar-refractivity contribution in [2.45, 2.75) is 25.2 Å². The van der Waals surface area contributed by atoms with Crippen LogP contribution in [-0.4, -0.2) is 54.7 Å². The lowest BCUT2D eigenvalue weighted by Crippen LogP contribution is -2.47. The normalized spacial score (nSPS) is 19.0. The number of H-pyrrole nitrogens is 1. The van der Waals surface area contributed by atoms with Gasteiger partial charge in [-0.15, -0.1) is 0 Å². The average Bonchev–Trinajstić information content (AvgIpc) is 2.82. The number of methoxy groups -OCH3 is 2. The molecule has 2 rings (SSSR count). The molecule has 0 radical (unpaired) electrons. The second-order valence-electron chi connectivity index (χ2n) is 4.81. The number of aromatic nitrogens is 2. The van der Waals surface area contributed by atoms with Gasteiger partial charge in [0, 0.05) is 33.4 Å². The highest BCUT2D eigenvalue weighted by Gasteiger charge is 2.27. The van der Waals surface area contributed by atoms with Crippen LogP contribution in [0.1, 0.15) is 24.8 Å². The number of carboxylic acid groups (broad SMARTS) is 1. The quantitative estimate of drug-likeness (QED) is 0.503. The maximum Gasteiger partial charge on any atom is 0.404 e. The summed E-state index contributed by atoms with van der Waals surface area (Å²) in [7, 11) is 3.12. The number of ether oxygens (including phenoxy) is 2. The molecule has 1 aromatic heterocycles. The van der Waals surface area contributed by atoms with Crippen LogP contribution < -0.4 is 10.2 Å². The van der Waals surface area contributed by atoms with E-state index < -0.39 is 12.4 Å². The Hall–Kier alpha value is -1.07. The molecule has 8 nitrogen and oxygen atoms in total. The first-order valence-electron chi connectivity index (χ1n) is 6.60. The second kappa shape index (κ2) is 7.27. The van der Waals surface area contributed by atoms with Crippen molar-refractivity contribution < 1.29 is 19.4 Å². The highest BCUT2D eigenvalue weighted by molar-refractivity contribution is 14.1. The van der Waals surface area contributed by atoms with Gasteiger partial charge >= 0.3 is 6.09 Å². The second-order valence-corrected chi connectivity index (χ2v) is 5.89. The van der Waals surface area contributed by atoms with E-state index in [1.54, 1.807) is 14.2 Å². The molecule has 1 atom stereocenters. The van der Waals surface area contributed by atoms with E-state index in [4.69, 9.17) is 14.6 Å². The van der Waals surface area contributed by atoms with Gasteiger partial charge in [-0.1, -0.05) is 0 Å². The number of halogens is 1. The third kappa shape index (κ3) is 3.77. The molecule has 118 valence electrons. The molecule has 9 heteroatoms. The summed E-state index contributed by atoms with van der Waals surface area (Å²) in [4.78, 5) is 12.9.